The minimum absolute atomic E-state index is 0.0218. The van der Waals surface area contributed by atoms with Crippen LogP contribution in [-0.2, 0) is 6.42 Å². The summed E-state index contributed by atoms with van der Waals surface area (Å²) in [5.41, 5.74) is 5.68. The van der Waals surface area contributed by atoms with Crippen molar-refractivity contribution in [2.45, 2.75) is 50.7 Å². The van der Waals surface area contributed by atoms with Gasteiger partial charge in [0.15, 0.2) is 11.5 Å². The number of aromatic amines is 1. The van der Waals surface area contributed by atoms with Gasteiger partial charge in [0.25, 0.3) is 5.91 Å². The van der Waals surface area contributed by atoms with Crippen LogP contribution in [0.15, 0.2) is 79.0 Å². The summed E-state index contributed by atoms with van der Waals surface area (Å²) >= 11 is 0. The van der Waals surface area contributed by atoms with Gasteiger partial charge in [-0.25, -0.2) is 4.98 Å². The second-order valence-corrected chi connectivity index (χ2v) is 12.9. The second-order valence-electron chi connectivity index (χ2n) is 12.9. The number of hydrogen-bond acceptors (Lipinski definition) is 9. The first-order valence-corrected chi connectivity index (χ1v) is 17.5. The molecule has 1 fully saturated rings. The van der Waals surface area contributed by atoms with E-state index in [-0.39, 0.29) is 24.0 Å². The number of nitrogens with one attached hydrogen (secondary N) is 2. The van der Waals surface area contributed by atoms with E-state index < -0.39 is 0 Å². The highest BCUT2D eigenvalue weighted by atomic mass is 16.5. The standard InChI is InChI=1S/C40H48N6O5/c1-7-32(26-12-10-15-31(23-26)48-3)38(45(2)39(47)28-24-34(49-4)37(51-6)35(25-28)50-5)46-20-17-29(18-21-46)42-40-43-33-16-11-13-27(36(33)44-40)22-30-14-8-9-19-41-30/h8-16,19,23-25,29,32,38H,7,17-18,20-22H2,1-6H3,(H2,42,43,44). The van der Waals surface area contributed by atoms with Crippen molar-refractivity contribution in [2.75, 3.05) is 53.9 Å². The van der Waals surface area contributed by atoms with Gasteiger partial charge in [0.2, 0.25) is 11.7 Å². The minimum atomic E-state index is -0.227. The Morgan fingerprint density at radius 1 is 0.941 bits per heavy atom. The molecular formula is C40H48N6O5. The Labute approximate surface area is 299 Å². The lowest BCUT2D eigenvalue weighted by molar-refractivity contribution is 0.0200. The number of hydrogen-bond donors (Lipinski definition) is 2. The van der Waals surface area contributed by atoms with E-state index in [1.807, 2.05) is 48.5 Å². The van der Waals surface area contributed by atoms with Gasteiger partial charge >= 0.3 is 0 Å². The number of benzene rings is 3. The lowest BCUT2D eigenvalue weighted by Crippen LogP contribution is -2.55. The number of methoxy groups -OCH3 is 4. The number of anilines is 1. The van der Waals surface area contributed by atoms with E-state index in [2.05, 4.69) is 57.4 Å². The predicted molar refractivity (Wildman–Crippen MR) is 199 cm³/mol. The van der Waals surface area contributed by atoms with Gasteiger partial charge in [-0.3, -0.25) is 14.7 Å². The van der Waals surface area contributed by atoms with Gasteiger partial charge in [-0.2, -0.15) is 0 Å². The molecule has 2 N–H and O–H groups in total. The molecule has 1 aliphatic heterocycles. The van der Waals surface area contributed by atoms with Gasteiger partial charge in [0.05, 0.1) is 45.6 Å². The molecule has 6 rings (SSSR count). The van der Waals surface area contributed by atoms with Gasteiger partial charge in [-0.1, -0.05) is 37.3 Å². The summed E-state index contributed by atoms with van der Waals surface area (Å²) < 4.78 is 22.3. The largest absolute Gasteiger partial charge is 0.497 e. The zero-order valence-electron chi connectivity index (χ0n) is 30.3. The summed E-state index contributed by atoms with van der Waals surface area (Å²) in [4.78, 5) is 31.6. The average molecular weight is 693 g/mol. The summed E-state index contributed by atoms with van der Waals surface area (Å²) in [7, 11) is 8.23. The Balaban J connectivity index is 1.23. The number of likely N-dealkylation sites (tertiary alicyclic amines) is 1. The fraction of sp³-hybridized carbons (Fsp3) is 0.375. The molecule has 51 heavy (non-hydrogen) atoms. The van der Waals surface area contributed by atoms with Crippen molar-refractivity contribution in [2.24, 2.45) is 0 Å². The molecule has 2 atom stereocenters. The number of carbonyl (C=O) groups is 1. The topological polar surface area (TPSA) is 114 Å². The number of para-hydroxylation sites is 1. The average Bonchev–Trinajstić information content (AvgIpc) is 3.60. The van der Waals surface area contributed by atoms with Crippen LogP contribution in [0.2, 0.25) is 0 Å². The summed E-state index contributed by atoms with van der Waals surface area (Å²) in [6, 6.07) is 24.0. The fourth-order valence-corrected chi connectivity index (χ4v) is 7.29. The SMILES string of the molecule is CCC(c1cccc(OC)c1)C(N1CCC(Nc2nc3c(Cc4ccccn4)cccc3[nH]2)CC1)N(C)C(=O)c1cc(OC)c(OC)c(OC)c1. The van der Waals surface area contributed by atoms with E-state index in [0.717, 1.165) is 78.3 Å². The Morgan fingerprint density at radius 3 is 2.33 bits per heavy atom. The van der Waals surface area contributed by atoms with Crippen molar-refractivity contribution in [3.05, 3.63) is 101 Å². The van der Waals surface area contributed by atoms with Crippen LogP contribution in [0.3, 0.4) is 0 Å². The summed E-state index contributed by atoms with van der Waals surface area (Å²) in [5.74, 6) is 2.77. The monoisotopic (exact) mass is 692 g/mol. The van der Waals surface area contributed by atoms with Crippen molar-refractivity contribution in [1.29, 1.82) is 0 Å². The fourth-order valence-electron chi connectivity index (χ4n) is 7.29. The number of imidazole rings is 1. The maximum atomic E-state index is 14.4. The van der Waals surface area contributed by atoms with Crippen LogP contribution in [0.1, 0.15) is 59.3 Å². The highest BCUT2D eigenvalue weighted by Crippen LogP contribution is 2.39. The molecule has 11 heteroatoms. The zero-order chi connectivity index (χ0) is 35.9. The van der Waals surface area contributed by atoms with Gasteiger partial charge < -0.3 is 34.1 Å². The first kappa shape index (κ1) is 35.5. The molecule has 3 heterocycles. The Kier molecular flexibility index (Phi) is 11.3. The minimum Gasteiger partial charge on any atom is -0.497 e. The van der Waals surface area contributed by atoms with E-state index in [9.17, 15) is 4.79 Å². The Morgan fingerprint density at radius 2 is 1.69 bits per heavy atom. The maximum absolute atomic E-state index is 14.4. The van der Waals surface area contributed by atoms with Crippen LogP contribution in [0, 0.1) is 0 Å². The normalized spacial score (nSPS) is 14.9. The number of fused-ring (bicyclic) bond motifs is 1. The summed E-state index contributed by atoms with van der Waals surface area (Å²) in [5, 5.41) is 3.68. The molecule has 268 valence electrons. The number of nitrogens with zero attached hydrogens (tertiary/aromatic N) is 4. The van der Waals surface area contributed by atoms with Gasteiger partial charge in [-0.15, -0.1) is 0 Å². The predicted octanol–water partition coefficient (Wildman–Crippen LogP) is 6.75. The molecule has 0 saturated carbocycles. The van der Waals surface area contributed by atoms with Gasteiger partial charge in [0.1, 0.15) is 5.75 Å². The molecule has 0 radical (unpaired) electrons. The number of likely N-dealkylation sites (N-methyl/N-ethyl adjacent to an activating group) is 1. The molecular weight excluding hydrogens is 644 g/mol. The maximum Gasteiger partial charge on any atom is 0.255 e. The third kappa shape index (κ3) is 7.73. The highest BCUT2D eigenvalue weighted by Gasteiger charge is 2.37. The third-order valence-corrected chi connectivity index (χ3v) is 9.89. The van der Waals surface area contributed by atoms with Crippen LogP contribution in [-0.4, -0.2) is 91.4 Å². The van der Waals surface area contributed by atoms with Gasteiger partial charge in [0, 0.05) is 56.0 Å². The molecule has 3 aromatic carbocycles. The molecule has 0 bridgehead atoms. The number of piperidine rings is 1. The van der Waals surface area contributed by atoms with E-state index >= 15 is 0 Å². The van der Waals surface area contributed by atoms with E-state index in [1.54, 1.807) is 40.6 Å². The van der Waals surface area contributed by atoms with E-state index in [4.69, 9.17) is 23.9 Å². The van der Waals surface area contributed by atoms with E-state index in [1.165, 1.54) is 0 Å². The first-order valence-electron chi connectivity index (χ1n) is 17.5. The van der Waals surface area contributed by atoms with Crippen LogP contribution in [0.5, 0.6) is 23.0 Å². The summed E-state index contributed by atoms with van der Waals surface area (Å²) in [6.45, 7) is 3.76. The zero-order valence-corrected chi connectivity index (χ0v) is 30.3. The molecule has 1 amide bonds. The summed E-state index contributed by atoms with van der Waals surface area (Å²) in [6.07, 6.45) is 4.91. The molecule has 0 aliphatic carbocycles. The quantitative estimate of drug-likeness (QED) is 0.130. The molecule has 1 saturated heterocycles. The van der Waals surface area contributed by atoms with Crippen LogP contribution in [0.25, 0.3) is 11.0 Å². The number of H-pyrrole nitrogens is 1. The Hall–Kier alpha value is -5.29. The molecule has 0 spiro atoms. The van der Waals surface area contributed by atoms with E-state index in [0.29, 0.717) is 22.8 Å². The third-order valence-electron chi connectivity index (χ3n) is 9.89. The number of aromatic nitrogens is 3. The van der Waals surface area contributed by atoms with Crippen molar-refractivity contribution < 1.29 is 23.7 Å². The number of amides is 1. The molecule has 11 nitrogen and oxygen atoms in total. The first-order chi connectivity index (χ1) is 24.9. The molecule has 1 aliphatic rings. The van der Waals surface area contributed by atoms with Crippen molar-refractivity contribution in [3.8, 4) is 23.0 Å². The molecule has 5 aromatic rings. The van der Waals surface area contributed by atoms with Crippen molar-refractivity contribution >= 4 is 22.9 Å². The lowest BCUT2D eigenvalue weighted by Gasteiger charge is -2.45. The number of pyridine rings is 1. The second kappa shape index (κ2) is 16.2. The Bertz CT molecular complexity index is 1900. The van der Waals surface area contributed by atoms with Crippen molar-refractivity contribution in [1.82, 2.24) is 24.8 Å². The van der Waals surface area contributed by atoms with Crippen molar-refractivity contribution in [3.63, 3.8) is 0 Å². The number of carbonyl (C=O) groups excluding carboxylic acids is 1. The highest BCUT2D eigenvalue weighted by molar-refractivity contribution is 5.95. The van der Waals surface area contributed by atoms with Crippen LogP contribution >= 0.6 is 0 Å². The van der Waals surface area contributed by atoms with Gasteiger partial charge in [-0.05, 0) is 72.9 Å². The van der Waals surface area contributed by atoms with Crippen LogP contribution in [0.4, 0.5) is 5.95 Å². The smallest absolute Gasteiger partial charge is 0.255 e. The van der Waals surface area contributed by atoms with Crippen LogP contribution < -0.4 is 24.3 Å². The molecule has 2 unspecified atom stereocenters. The number of ether oxygens (including phenoxy) is 4. The lowest BCUT2D eigenvalue weighted by atomic mass is 9.89. The molecule has 2 aromatic heterocycles. The number of rotatable bonds is 14.